The molecule has 0 saturated heterocycles. The molecule has 3 heterocycles. The molecule has 4 nitrogen and oxygen atoms in total. The summed E-state index contributed by atoms with van der Waals surface area (Å²) < 4.78 is 14.3. The summed E-state index contributed by atoms with van der Waals surface area (Å²) in [5.41, 5.74) is 3.00. The Labute approximate surface area is 148 Å². The fraction of sp³-hybridized carbons (Fsp3) is 0.0526. The Morgan fingerprint density at radius 2 is 1.72 bits per heavy atom. The summed E-state index contributed by atoms with van der Waals surface area (Å²) >= 11 is 6.02. The van der Waals surface area contributed by atoms with Crippen molar-refractivity contribution in [1.29, 1.82) is 0 Å². The molecule has 0 amide bonds. The van der Waals surface area contributed by atoms with Crippen LogP contribution in [0.3, 0.4) is 0 Å². The highest BCUT2D eigenvalue weighted by Crippen LogP contribution is 2.30. The van der Waals surface area contributed by atoms with Gasteiger partial charge in [0.1, 0.15) is 11.5 Å². The lowest BCUT2D eigenvalue weighted by Gasteiger charge is -2.10. The molecule has 0 radical (unpaired) electrons. The quantitative estimate of drug-likeness (QED) is 0.518. The lowest BCUT2D eigenvalue weighted by molar-refractivity contribution is 0.630. The highest BCUT2D eigenvalue weighted by atomic mass is 35.5. The first-order chi connectivity index (χ1) is 12.1. The van der Waals surface area contributed by atoms with Crippen LogP contribution in [0.5, 0.6) is 0 Å². The molecule has 0 aliphatic carbocycles. The lowest BCUT2D eigenvalue weighted by atomic mass is 10.1. The molecule has 3 aromatic heterocycles. The molecule has 0 fully saturated rings. The first kappa shape index (κ1) is 15.6. The van der Waals surface area contributed by atoms with Gasteiger partial charge in [-0.15, -0.1) is 0 Å². The second kappa shape index (κ2) is 6.18. The highest BCUT2D eigenvalue weighted by molar-refractivity contribution is 6.30. The molecular weight excluding hydrogens is 339 g/mol. The third-order valence-corrected chi connectivity index (χ3v) is 4.11. The highest BCUT2D eigenvalue weighted by Gasteiger charge is 2.16. The van der Waals surface area contributed by atoms with Gasteiger partial charge in [-0.25, -0.2) is 19.3 Å². The van der Waals surface area contributed by atoms with Crippen LogP contribution in [0.4, 0.5) is 4.39 Å². The minimum absolute atomic E-state index is 0.228. The number of nitrogens with zero attached hydrogens (tertiary/aromatic N) is 4. The van der Waals surface area contributed by atoms with E-state index in [0.717, 1.165) is 10.9 Å². The molecular formula is C19H12ClFN4. The molecule has 25 heavy (non-hydrogen) atoms. The minimum Gasteiger partial charge on any atom is -0.254 e. The van der Waals surface area contributed by atoms with E-state index in [4.69, 9.17) is 11.6 Å². The van der Waals surface area contributed by atoms with Crippen molar-refractivity contribution in [2.24, 2.45) is 0 Å². The number of halogens is 2. The Balaban J connectivity index is 2.06. The van der Waals surface area contributed by atoms with Crippen LogP contribution in [0.25, 0.3) is 33.8 Å². The average Bonchev–Trinajstić information content (AvgIpc) is 2.63. The monoisotopic (exact) mass is 350 g/mol. The van der Waals surface area contributed by atoms with Crippen LogP contribution in [0.1, 0.15) is 5.56 Å². The molecule has 0 spiro atoms. The summed E-state index contributed by atoms with van der Waals surface area (Å²) in [6, 6.07) is 11.8. The predicted molar refractivity (Wildman–Crippen MR) is 95.7 cm³/mol. The molecule has 122 valence electrons. The number of hydrogen-bond donors (Lipinski definition) is 0. The second-order valence-electron chi connectivity index (χ2n) is 5.56. The molecule has 0 bridgehead atoms. The minimum atomic E-state index is -0.441. The number of aromatic nitrogens is 4. The fourth-order valence-corrected chi connectivity index (χ4v) is 2.84. The van der Waals surface area contributed by atoms with Crippen molar-refractivity contribution < 1.29 is 4.39 Å². The van der Waals surface area contributed by atoms with Crippen LogP contribution < -0.4 is 0 Å². The molecule has 6 heteroatoms. The number of rotatable bonds is 2. The van der Waals surface area contributed by atoms with Gasteiger partial charge in [-0.2, -0.15) is 0 Å². The summed E-state index contributed by atoms with van der Waals surface area (Å²) in [6.07, 6.45) is 3.34. The maximum Gasteiger partial charge on any atom is 0.165 e. The maximum absolute atomic E-state index is 14.3. The van der Waals surface area contributed by atoms with Crippen molar-refractivity contribution in [2.75, 3.05) is 0 Å². The summed E-state index contributed by atoms with van der Waals surface area (Å²) in [5.74, 6) is -0.213. The Hall–Kier alpha value is -2.92. The van der Waals surface area contributed by atoms with Crippen molar-refractivity contribution in [1.82, 2.24) is 19.9 Å². The molecule has 0 N–H and O–H groups in total. The second-order valence-corrected chi connectivity index (χ2v) is 6.00. The van der Waals surface area contributed by atoms with E-state index in [2.05, 4.69) is 19.9 Å². The summed E-state index contributed by atoms with van der Waals surface area (Å²) in [5, 5.41) is 1.17. The largest absolute Gasteiger partial charge is 0.254 e. The van der Waals surface area contributed by atoms with E-state index in [1.165, 1.54) is 18.2 Å². The van der Waals surface area contributed by atoms with Gasteiger partial charge < -0.3 is 0 Å². The van der Waals surface area contributed by atoms with Crippen LogP contribution in [0.15, 0.2) is 54.9 Å². The topological polar surface area (TPSA) is 51.6 Å². The van der Waals surface area contributed by atoms with Crippen LogP contribution in [0, 0.1) is 12.7 Å². The van der Waals surface area contributed by atoms with E-state index >= 15 is 0 Å². The normalized spacial score (nSPS) is 11.0. The van der Waals surface area contributed by atoms with Crippen molar-refractivity contribution in [3.63, 3.8) is 0 Å². The number of benzene rings is 1. The van der Waals surface area contributed by atoms with Gasteiger partial charge in [0.05, 0.1) is 11.3 Å². The van der Waals surface area contributed by atoms with Crippen LogP contribution in [-0.2, 0) is 0 Å². The van der Waals surface area contributed by atoms with Crippen LogP contribution in [-0.4, -0.2) is 19.9 Å². The van der Waals surface area contributed by atoms with Gasteiger partial charge in [0.15, 0.2) is 11.5 Å². The molecule has 0 aliphatic heterocycles. The molecule has 1 aromatic carbocycles. The third-order valence-electron chi connectivity index (χ3n) is 3.87. The Kier molecular flexibility index (Phi) is 3.86. The van der Waals surface area contributed by atoms with Gasteiger partial charge in [-0.3, -0.25) is 4.98 Å². The van der Waals surface area contributed by atoms with Crippen LogP contribution in [0.2, 0.25) is 5.02 Å². The van der Waals surface area contributed by atoms with Crippen molar-refractivity contribution >= 4 is 22.6 Å². The van der Waals surface area contributed by atoms with Gasteiger partial charge in [-0.1, -0.05) is 17.7 Å². The number of aryl methyl sites for hydroxylation is 1. The Morgan fingerprint density at radius 1 is 0.920 bits per heavy atom. The van der Waals surface area contributed by atoms with E-state index < -0.39 is 5.82 Å². The zero-order chi connectivity index (χ0) is 17.4. The number of fused-ring (bicyclic) bond motifs is 1. The van der Waals surface area contributed by atoms with E-state index in [-0.39, 0.29) is 11.4 Å². The first-order valence-electron chi connectivity index (χ1n) is 7.63. The molecule has 4 rings (SSSR count). The van der Waals surface area contributed by atoms with Crippen molar-refractivity contribution in [3.8, 4) is 22.8 Å². The van der Waals surface area contributed by atoms with E-state index in [0.29, 0.717) is 22.1 Å². The first-order valence-corrected chi connectivity index (χ1v) is 8.01. The van der Waals surface area contributed by atoms with Gasteiger partial charge in [-0.05, 0) is 48.9 Å². The molecule has 0 atom stereocenters. The van der Waals surface area contributed by atoms with Crippen molar-refractivity contribution in [3.05, 3.63) is 71.3 Å². The maximum atomic E-state index is 14.3. The fourth-order valence-electron chi connectivity index (χ4n) is 2.67. The van der Waals surface area contributed by atoms with E-state index in [9.17, 15) is 4.39 Å². The smallest absolute Gasteiger partial charge is 0.165 e. The zero-order valence-electron chi connectivity index (χ0n) is 13.2. The van der Waals surface area contributed by atoms with E-state index in [1.807, 2.05) is 31.2 Å². The zero-order valence-corrected chi connectivity index (χ0v) is 14.0. The average molecular weight is 351 g/mol. The predicted octanol–water partition coefficient (Wildman–Crippen LogP) is 4.85. The summed E-state index contributed by atoms with van der Waals surface area (Å²) in [7, 11) is 0. The van der Waals surface area contributed by atoms with Gasteiger partial charge >= 0.3 is 0 Å². The lowest BCUT2D eigenvalue weighted by Crippen LogP contribution is -2.00. The number of hydrogen-bond acceptors (Lipinski definition) is 4. The van der Waals surface area contributed by atoms with E-state index in [1.54, 1.807) is 12.4 Å². The van der Waals surface area contributed by atoms with Crippen molar-refractivity contribution in [2.45, 2.75) is 6.92 Å². The van der Waals surface area contributed by atoms with Gasteiger partial charge in [0.25, 0.3) is 0 Å². The molecule has 0 unspecified atom stereocenters. The van der Waals surface area contributed by atoms with Gasteiger partial charge in [0.2, 0.25) is 0 Å². The third kappa shape index (κ3) is 2.83. The van der Waals surface area contributed by atoms with Gasteiger partial charge in [0, 0.05) is 22.8 Å². The van der Waals surface area contributed by atoms with Crippen LogP contribution >= 0.6 is 11.6 Å². The number of pyridine rings is 2. The molecule has 4 aromatic rings. The molecule has 0 aliphatic rings. The Morgan fingerprint density at radius 3 is 2.56 bits per heavy atom. The standard InChI is InChI=1S/C19H12ClFN4/c1-11-4-2-8-22-16(11)17-13-5-3-9-23-18(13)25-19(24-17)14-10-12(20)6-7-15(14)21/h2-10H,1H3. The Bertz CT molecular complexity index is 1100. The SMILES string of the molecule is Cc1cccnc1-c1nc(-c2cc(Cl)ccc2F)nc2ncccc12. The summed E-state index contributed by atoms with van der Waals surface area (Å²) in [4.78, 5) is 17.7. The summed E-state index contributed by atoms with van der Waals surface area (Å²) in [6.45, 7) is 1.95. The molecule has 0 saturated carbocycles.